The molecule has 3 heteroatoms. The van der Waals surface area contributed by atoms with E-state index in [1.54, 1.807) is 0 Å². The molecule has 5 aromatic carbocycles. The van der Waals surface area contributed by atoms with E-state index in [2.05, 4.69) is 116 Å². The average molecular weight is 552 g/mol. The number of fused-ring (bicyclic) bond motifs is 4. The van der Waals surface area contributed by atoms with Gasteiger partial charge in [0.2, 0.25) is 0 Å². The third kappa shape index (κ3) is 4.24. The summed E-state index contributed by atoms with van der Waals surface area (Å²) >= 11 is 0. The van der Waals surface area contributed by atoms with Crippen LogP contribution < -0.4 is 0 Å². The number of rotatable bonds is 4. The number of aromatic nitrogens is 3. The Balaban J connectivity index is 1.36. The summed E-state index contributed by atoms with van der Waals surface area (Å²) in [5.41, 5.74) is 12.1. The van der Waals surface area contributed by atoms with Crippen LogP contribution >= 0.6 is 0 Å². The van der Waals surface area contributed by atoms with E-state index in [-0.39, 0.29) is 5.41 Å². The molecule has 7 aromatic rings. The van der Waals surface area contributed by atoms with Crippen LogP contribution in [0.15, 0.2) is 140 Å². The number of hydrogen-bond donors (Lipinski definition) is 0. The van der Waals surface area contributed by atoms with Gasteiger partial charge >= 0.3 is 0 Å². The van der Waals surface area contributed by atoms with Crippen LogP contribution in [0, 0.1) is 0 Å². The first-order valence-corrected chi connectivity index (χ1v) is 14.7. The van der Waals surface area contributed by atoms with Crippen LogP contribution in [0.5, 0.6) is 0 Å². The molecule has 204 valence electrons. The van der Waals surface area contributed by atoms with Crippen molar-refractivity contribution in [3.63, 3.8) is 0 Å². The lowest BCUT2D eigenvalue weighted by Crippen LogP contribution is -2.14. The van der Waals surface area contributed by atoms with Crippen molar-refractivity contribution in [1.82, 2.24) is 15.0 Å². The molecule has 0 saturated heterocycles. The number of pyridine rings is 1. The Morgan fingerprint density at radius 2 is 1.14 bits per heavy atom. The van der Waals surface area contributed by atoms with E-state index < -0.39 is 0 Å². The first-order valence-electron chi connectivity index (χ1n) is 14.7. The molecule has 2 heterocycles. The Morgan fingerprint density at radius 1 is 0.465 bits per heavy atom. The zero-order valence-electron chi connectivity index (χ0n) is 24.1. The highest BCUT2D eigenvalue weighted by Gasteiger charge is 2.37. The summed E-state index contributed by atoms with van der Waals surface area (Å²) in [6.45, 7) is 4.67. The zero-order chi connectivity index (χ0) is 29.0. The highest BCUT2D eigenvalue weighted by atomic mass is 14.9. The molecule has 0 unspecified atom stereocenters. The normalized spacial score (nSPS) is 13.1. The lowest BCUT2D eigenvalue weighted by molar-refractivity contribution is 0.661. The van der Waals surface area contributed by atoms with Crippen LogP contribution in [-0.2, 0) is 5.41 Å². The summed E-state index contributed by atoms with van der Waals surface area (Å²) in [6.07, 6.45) is 1.83. The van der Waals surface area contributed by atoms with Gasteiger partial charge in [0, 0.05) is 33.9 Å². The molecule has 0 fully saturated rings. The van der Waals surface area contributed by atoms with Crippen LogP contribution in [-0.4, -0.2) is 15.0 Å². The van der Waals surface area contributed by atoms with Crippen molar-refractivity contribution in [2.45, 2.75) is 19.3 Å². The number of hydrogen-bond acceptors (Lipinski definition) is 3. The van der Waals surface area contributed by atoms with Crippen molar-refractivity contribution in [3.8, 4) is 56.3 Å². The van der Waals surface area contributed by atoms with Crippen molar-refractivity contribution in [2.24, 2.45) is 0 Å². The fourth-order valence-corrected chi connectivity index (χ4v) is 6.51. The Morgan fingerprint density at radius 3 is 1.93 bits per heavy atom. The van der Waals surface area contributed by atoms with Crippen LogP contribution in [0.25, 0.3) is 67.1 Å². The highest BCUT2D eigenvalue weighted by molar-refractivity contribution is 5.98. The van der Waals surface area contributed by atoms with Gasteiger partial charge in [-0.15, -0.1) is 0 Å². The Labute approximate surface area is 251 Å². The maximum absolute atomic E-state index is 5.22. The minimum absolute atomic E-state index is 0.125. The molecule has 0 amide bonds. The van der Waals surface area contributed by atoms with Crippen molar-refractivity contribution in [1.29, 1.82) is 0 Å². The Kier molecular flexibility index (Phi) is 5.80. The molecule has 43 heavy (non-hydrogen) atoms. The standard InChI is InChI=1S/C40H29N3/c1-40(2)33-19-11-18-31(38(33)32-23-27-14-6-7-15-28(27)24-34(32)40)37-25-36(42-39(43-37)26-12-4-3-5-13-26)30-17-10-16-29(22-30)35-20-8-9-21-41-35/h3-25H,1-2H3. The summed E-state index contributed by atoms with van der Waals surface area (Å²) in [6, 6.07) is 46.9. The van der Waals surface area contributed by atoms with Crippen molar-refractivity contribution in [2.75, 3.05) is 0 Å². The van der Waals surface area contributed by atoms with E-state index in [0.29, 0.717) is 5.82 Å². The topological polar surface area (TPSA) is 38.7 Å². The van der Waals surface area contributed by atoms with Gasteiger partial charge in [0.1, 0.15) is 0 Å². The van der Waals surface area contributed by atoms with Crippen molar-refractivity contribution in [3.05, 3.63) is 151 Å². The summed E-state index contributed by atoms with van der Waals surface area (Å²) < 4.78 is 0. The minimum Gasteiger partial charge on any atom is -0.256 e. The summed E-state index contributed by atoms with van der Waals surface area (Å²) in [5.74, 6) is 0.713. The molecule has 0 saturated carbocycles. The molecule has 0 aliphatic heterocycles. The Bertz CT molecular complexity index is 2150. The molecule has 0 bridgehead atoms. The molecule has 1 aliphatic carbocycles. The summed E-state index contributed by atoms with van der Waals surface area (Å²) in [4.78, 5) is 14.9. The van der Waals surface area contributed by atoms with E-state index in [1.165, 1.54) is 33.0 Å². The molecular formula is C40H29N3. The average Bonchev–Trinajstić information content (AvgIpc) is 3.30. The van der Waals surface area contributed by atoms with E-state index in [4.69, 9.17) is 9.97 Å². The number of nitrogens with zero attached hydrogens (tertiary/aromatic N) is 3. The monoisotopic (exact) mass is 551 g/mol. The second-order valence-electron chi connectivity index (χ2n) is 11.7. The molecule has 1 aliphatic rings. The quantitative estimate of drug-likeness (QED) is 0.218. The second-order valence-corrected chi connectivity index (χ2v) is 11.7. The van der Waals surface area contributed by atoms with Gasteiger partial charge in [0.15, 0.2) is 5.82 Å². The van der Waals surface area contributed by atoms with Crippen LogP contribution in [0.2, 0.25) is 0 Å². The molecule has 0 spiro atoms. The first kappa shape index (κ1) is 25.3. The fraction of sp³-hybridized carbons (Fsp3) is 0.0750. The van der Waals surface area contributed by atoms with Crippen LogP contribution in [0.4, 0.5) is 0 Å². The van der Waals surface area contributed by atoms with Gasteiger partial charge in [-0.2, -0.15) is 0 Å². The van der Waals surface area contributed by atoms with Gasteiger partial charge in [0.25, 0.3) is 0 Å². The third-order valence-corrected chi connectivity index (χ3v) is 8.72. The maximum atomic E-state index is 5.22. The van der Waals surface area contributed by atoms with Gasteiger partial charge in [0.05, 0.1) is 17.1 Å². The largest absolute Gasteiger partial charge is 0.256 e. The van der Waals surface area contributed by atoms with E-state index in [9.17, 15) is 0 Å². The lowest BCUT2D eigenvalue weighted by atomic mass is 9.81. The van der Waals surface area contributed by atoms with Gasteiger partial charge in [-0.25, -0.2) is 9.97 Å². The van der Waals surface area contributed by atoms with Gasteiger partial charge in [-0.1, -0.05) is 111 Å². The molecule has 8 rings (SSSR count). The first-order chi connectivity index (χ1) is 21.1. The molecule has 0 radical (unpaired) electrons. The van der Waals surface area contributed by atoms with E-state index in [1.807, 2.05) is 42.6 Å². The molecular weight excluding hydrogens is 522 g/mol. The number of benzene rings is 5. The van der Waals surface area contributed by atoms with Gasteiger partial charge < -0.3 is 0 Å². The maximum Gasteiger partial charge on any atom is 0.160 e. The van der Waals surface area contributed by atoms with E-state index >= 15 is 0 Å². The van der Waals surface area contributed by atoms with Gasteiger partial charge in [-0.05, 0) is 69.4 Å². The van der Waals surface area contributed by atoms with Crippen LogP contribution in [0.1, 0.15) is 25.0 Å². The second kappa shape index (κ2) is 9.85. The fourth-order valence-electron chi connectivity index (χ4n) is 6.51. The smallest absolute Gasteiger partial charge is 0.160 e. The predicted molar refractivity (Wildman–Crippen MR) is 177 cm³/mol. The van der Waals surface area contributed by atoms with Gasteiger partial charge in [-0.3, -0.25) is 4.98 Å². The summed E-state index contributed by atoms with van der Waals surface area (Å²) in [7, 11) is 0. The van der Waals surface area contributed by atoms with Crippen molar-refractivity contribution < 1.29 is 0 Å². The van der Waals surface area contributed by atoms with E-state index in [0.717, 1.165) is 39.3 Å². The lowest BCUT2D eigenvalue weighted by Gasteiger charge is -2.22. The molecule has 2 aromatic heterocycles. The Hall–Kier alpha value is -5.41. The SMILES string of the molecule is CC1(C)c2cc3ccccc3cc2-c2c(-c3cc(-c4cccc(-c5ccccn5)c4)nc(-c4ccccc4)n3)cccc21. The summed E-state index contributed by atoms with van der Waals surface area (Å²) in [5, 5.41) is 2.52. The van der Waals surface area contributed by atoms with Crippen molar-refractivity contribution >= 4 is 10.8 Å². The van der Waals surface area contributed by atoms with Crippen LogP contribution in [0.3, 0.4) is 0 Å². The predicted octanol–water partition coefficient (Wildman–Crippen LogP) is 10.00. The molecule has 0 N–H and O–H groups in total. The highest BCUT2D eigenvalue weighted by Crippen LogP contribution is 2.53. The molecule has 0 atom stereocenters. The molecule has 3 nitrogen and oxygen atoms in total. The zero-order valence-corrected chi connectivity index (χ0v) is 24.1. The third-order valence-electron chi connectivity index (χ3n) is 8.72. The minimum atomic E-state index is -0.125.